The number of aliphatic carboxylic acids is 1. The van der Waals surface area contributed by atoms with Crippen molar-refractivity contribution in [3.8, 4) is 0 Å². The number of halogens is 1. The summed E-state index contributed by atoms with van der Waals surface area (Å²) in [6.45, 7) is 0.836. The van der Waals surface area contributed by atoms with Crippen LogP contribution in [0.5, 0.6) is 0 Å². The zero-order valence-electron chi connectivity index (χ0n) is 7.65. The summed E-state index contributed by atoms with van der Waals surface area (Å²) in [5.74, 6) is -0.412. The van der Waals surface area contributed by atoms with E-state index in [1.54, 1.807) is 0 Å². The van der Waals surface area contributed by atoms with E-state index in [1.165, 1.54) is 0 Å². The first-order valence-corrected chi connectivity index (χ1v) is 3.79. The molecule has 0 aliphatic carbocycles. The van der Waals surface area contributed by atoms with E-state index in [2.05, 4.69) is 10.3 Å². The molecule has 1 aliphatic rings. The predicted octanol–water partition coefficient (Wildman–Crippen LogP) is -0.370. The van der Waals surface area contributed by atoms with Crippen LogP contribution in [-0.4, -0.2) is 49.1 Å². The lowest BCUT2D eigenvalue weighted by Crippen LogP contribution is -2.45. The number of aliphatic imine (C=N–C) groups is 1. The monoisotopic (exact) mass is 207 g/mol. The van der Waals surface area contributed by atoms with Crippen molar-refractivity contribution in [2.24, 2.45) is 10.9 Å². The molecule has 1 unspecified atom stereocenters. The third kappa shape index (κ3) is 3.10. The molecular weight excluding hydrogens is 194 g/mol. The molecule has 76 valence electrons. The molecule has 0 aromatic rings. The average molecular weight is 208 g/mol. The van der Waals surface area contributed by atoms with Gasteiger partial charge in [-0.05, 0) is 0 Å². The number of hydrogen-bond acceptors (Lipinski definition) is 4. The Kier molecular flexibility index (Phi) is 4.55. The molecule has 1 heterocycles. The van der Waals surface area contributed by atoms with E-state index in [0.717, 1.165) is 5.96 Å². The molecule has 0 saturated carbocycles. The lowest BCUT2D eigenvalue weighted by Gasteiger charge is -2.24. The molecular formula is C7H14ClN3O2. The predicted molar refractivity (Wildman–Crippen MR) is 52.4 cm³/mol. The van der Waals surface area contributed by atoms with Crippen LogP contribution < -0.4 is 5.32 Å². The van der Waals surface area contributed by atoms with Crippen molar-refractivity contribution in [2.45, 2.75) is 0 Å². The van der Waals surface area contributed by atoms with Crippen LogP contribution in [0.4, 0.5) is 0 Å². The number of nitrogens with one attached hydrogen (secondary N) is 1. The minimum Gasteiger partial charge on any atom is -0.481 e. The van der Waals surface area contributed by atoms with Crippen molar-refractivity contribution >= 4 is 24.3 Å². The number of guanidine groups is 1. The highest BCUT2D eigenvalue weighted by Crippen LogP contribution is 2.01. The maximum Gasteiger partial charge on any atom is 0.310 e. The van der Waals surface area contributed by atoms with Gasteiger partial charge in [-0.25, -0.2) is 0 Å². The van der Waals surface area contributed by atoms with Crippen LogP contribution >= 0.6 is 12.4 Å². The van der Waals surface area contributed by atoms with Gasteiger partial charge in [-0.2, -0.15) is 0 Å². The van der Waals surface area contributed by atoms with Gasteiger partial charge in [0.2, 0.25) is 0 Å². The topological polar surface area (TPSA) is 64.9 Å². The maximum atomic E-state index is 10.5. The molecule has 13 heavy (non-hydrogen) atoms. The smallest absolute Gasteiger partial charge is 0.310 e. The van der Waals surface area contributed by atoms with Crippen molar-refractivity contribution in [3.05, 3.63) is 0 Å². The number of hydrogen-bond donors (Lipinski definition) is 2. The first-order valence-electron chi connectivity index (χ1n) is 3.79. The Bertz CT molecular complexity index is 218. The van der Waals surface area contributed by atoms with Gasteiger partial charge in [0.1, 0.15) is 0 Å². The molecule has 0 radical (unpaired) electrons. The van der Waals surface area contributed by atoms with Crippen LogP contribution in [-0.2, 0) is 4.79 Å². The first-order chi connectivity index (χ1) is 5.61. The van der Waals surface area contributed by atoms with E-state index in [-0.39, 0.29) is 18.3 Å². The van der Waals surface area contributed by atoms with E-state index < -0.39 is 5.97 Å². The fourth-order valence-corrected chi connectivity index (χ4v) is 0.997. The van der Waals surface area contributed by atoms with Gasteiger partial charge in [-0.3, -0.25) is 9.79 Å². The van der Waals surface area contributed by atoms with Crippen molar-refractivity contribution in [3.63, 3.8) is 0 Å². The Hall–Kier alpha value is -0.970. The Morgan fingerprint density at radius 1 is 1.69 bits per heavy atom. The summed E-state index contributed by atoms with van der Waals surface area (Å²) in [6.07, 6.45) is 0. The van der Waals surface area contributed by atoms with E-state index in [1.807, 2.05) is 19.0 Å². The molecule has 1 aliphatic heterocycles. The first kappa shape index (κ1) is 12.0. The van der Waals surface area contributed by atoms with Gasteiger partial charge in [0.25, 0.3) is 0 Å². The lowest BCUT2D eigenvalue weighted by atomic mass is 10.1. The zero-order valence-corrected chi connectivity index (χ0v) is 8.47. The highest BCUT2D eigenvalue weighted by molar-refractivity contribution is 5.85. The van der Waals surface area contributed by atoms with E-state index in [0.29, 0.717) is 13.1 Å². The molecule has 0 spiro atoms. The lowest BCUT2D eigenvalue weighted by molar-refractivity contribution is -0.141. The second kappa shape index (κ2) is 4.91. The van der Waals surface area contributed by atoms with Crippen LogP contribution in [0, 0.1) is 5.92 Å². The summed E-state index contributed by atoms with van der Waals surface area (Å²) in [7, 11) is 3.74. The standard InChI is InChI=1S/C7H13N3O2.ClH/c1-10(2)7-8-3-5(4-9-7)6(11)12;/h5H,3-4H2,1-2H3,(H,8,9)(H,11,12);1H. The highest BCUT2D eigenvalue weighted by Gasteiger charge is 2.21. The summed E-state index contributed by atoms with van der Waals surface area (Å²) >= 11 is 0. The number of carboxylic acid groups (broad SMARTS) is 1. The van der Waals surface area contributed by atoms with E-state index >= 15 is 0 Å². The third-order valence-corrected chi connectivity index (χ3v) is 1.74. The van der Waals surface area contributed by atoms with Crippen LogP contribution in [0.15, 0.2) is 4.99 Å². The van der Waals surface area contributed by atoms with E-state index in [9.17, 15) is 4.79 Å². The molecule has 1 rings (SSSR count). The molecule has 2 N–H and O–H groups in total. The van der Waals surface area contributed by atoms with Crippen LogP contribution in [0.25, 0.3) is 0 Å². The number of carbonyl (C=O) groups is 1. The van der Waals surface area contributed by atoms with Gasteiger partial charge in [-0.15, -0.1) is 12.4 Å². The molecule has 0 aromatic heterocycles. The van der Waals surface area contributed by atoms with Gasteiger partial charge in [0.15, 0.2) is 5.96 Å². The Morgan fingerprint density at radius 3 is 2.62 bits per heavy atom. The number of carboxylic acids is 1. The average Bonchev–Trinajstić information content (AvgIpc) is 2.04. The van der Waals surface area contributed by atoms with Gasteiger partial charge in [-0.1, -0.05) is 0 Å². The quantitative estimate of drug-likeness (QED) is 0.616. The van der Waals surface area contributed by atoms with Crippen molar-refractivity contribution in [1.29, 1.82) is 0 Å². The van der Waals surface area contributed by atoms with Gasteiger partial charge in [0.05, 0.1) is 12.5 Å². The second-order valence-corrected chi connectivity index (χ2v) is 2.97. The summed E-state index contributed by atoms with van der Waals surface area (Å²) in [5.41, 5.74) is 0. The molecule has 0 aromatic carbocycles. The normalized spacial score (nSPS) is 20.8. The van der Waals surface area contributed by atoms with Crippen LogP contribution in [0.3, 0.4) is 0 Å². The van der Waals surface area contributed by atoms with Gasteiger partial charge >= 0.3 is 5.97 Å². The highest BCUT2D eigenvalue weighted by atomic mass is 35.5. The van der Waals surface area contributed by atoms with Crippen molar-refractivity contribution < 1.29 is 9.90 Å². The van der Waals surface area contributed by atoms with Crippen molar-refractivity contribution in [2.75, 3.05) is 27.2 Å². The van der Waals surface area contributed by atoms with Crippen LogP contribution in [0.2, 0.25) is 0 Å². The SMILES string of the molecule is CN(C)C1=NCC(C(=O)O)CN1.Cl. The largest absolute Gasteiger partial charge is 0.481 e. The summed E-state index contributed by atoms with van der Waals surface area (Å²) < 4.78 is 0. The Labute approximate surface area is 83.2 Å². The number of nitrogens with zero attached hydrogens (tertiary/aromatic N) is 2. The fraction of sp³-hybridized carbons (Fsp3) is 0.714. The molecule has 6 heteroatoms. The van der Waals surface area contributed by atoms with Crippen LogP contribution in [0.1, 0.15) is 0 Å². The molecule has 5 nitrogen and oxygen atoms in total. The third-order valence-electron chi connectivity index (χ3n) is 1.74. The maximum absolute atomic E-state index is 10.5. The molecule has 0 amide bonds. The van der Waals surface area contributed by atoms with Crippen molar-refractivity contribution in [1.82, 2.24) is 10.2 Å². The van der Waals surface area contributed by atoms with Gasteiger partial charge < -0.3 is 15.3 Å². The fourth-order valence-electron chi connectivity index (χ4n) is 0.997. The Morgan fingerprint density at radius 2 is 2.31 bits per heavy atom. The molecule has 1 atom stereocenters. The summed E-state index contributed by atoms with van der Waals surface area (Å²) in [6, 6.07) is 0. The molecule has 0 bridgehead atoms. The summed E-state index contributed by atoms with van der Waals surface area (Å²) in [4.78, 5) is 16.4. The minimum atomic E-state index is -0.788. The minimum absolute atomic E-state index is 0. The zero-order chi connectivity index (χ0) is 9.14. The summed E-state index contributed by atoms with van der Waals surface area (Å²) in [5, 5.41) is 11.6. The number of rotatable bonds is 1. The molecule has 0 fully saturated rings. The molecule has 0 saturated heterocycles. The van der Waals surface area contributed by atoms with Gasteiger partial charge in [0, 0.05) is 20.6 Å². The second-order valence-electron chi connectivity index (χ2n) is 2.97. The Balaban J connectivity index is 0.00000144. The van der Waals surface area contributed by atoms with E-state index in [4.69, 9.17) is 5.11 Å².